The fraction of sp³-hybridized carbons (Fsp3) is 0.500. The summed E-state index contributed by atoms with van der Waals surface area (Å²) < 4.78 is 5.08. The molecule has 0 unspecified atom stereocenters. The second kappa shape index (κ2) is 18.5. The number of rotatable bonds is 18. The fourth-order valence-electron chi connectivity index (χ4n) is 3.50. The van der Waals surface area contributed by atoms with Crippen LogP contribution in [-0.4, -0.2) is 29.8 Å². The molecule has 0 saturated heterocycles. The van der Waals surface area contributed by atoms with E-state index in [4.69, 9.17) is 9.84 Å². The molecule has 1 aromatic carbocycles. The number of nitrogens with one attached hydrogen (secondary N) is 1. The van der Waals surface area contributed by atoms with E-state index >= 15 is 0 Å². The van der Waals surface area contributed by atoms with Gasteiger partial charge in [0.2, 0.25) is 5.91 Å². The average molecular weight is 484 g/mol. The highest BCUT2D eigenvalue weighted by molar-refractivity contribution is 5.75. The van der Waals surface area contributed by atoms with Crippen molar-refractivity contribution in [1.29, 1.82) is 0 Å². The minimum Gasteiger partial charge on any atom is -0.504 e. The summed E-state index contributed by atoms with van der Waals surface area (Å²) in [5.74, 6) is 0.526. The van der Waals surface area contributed by atoms with E-state index < -0.39 is 0 Å². The lowest BCUT2D eigenvalue weighted by molar-refractivity contribution is -0.121. The monoisotopic (exact) mass is 483 g/mol. The van der Waals surface area contributed by atoms with Crippen LogP contribution in [0.4, 0.5) is 0 Å². The van der Waals surface area contributed by atoms with E-state index in [1.807, 2.05) is 0 Å². The molecule has 1 rings (SSSR count). The molecule has 5 nitrogen and oxygen atoms in total. The number of carbonyl (C=O) groups is 1. The number of allylic oxidation sites excluding steroid dienone is 8. The van der Waals surface area contributed by atoms with Crippen molar-refractivity contribution in [2.75, 3.05) is 13.7 Å². The van der Waals surface area contributed by atoms with Crippen LogP contribution >= 0.6 is 0 Å². The molecule has 0 aliphatic heterocycles. The largest absolute Gasteiger partial charge is 0.504 e. The number of aliphatic hydroxyl groups is 1. The molecule has 35 heavy (non-hydrogen) atoms. The smallest absolute Gasteiger partial charge is 0.220 e. The van der Waals surface area contributed by atoms with Gasteiger partial charge >= 0.3 is 0 Å². The summed E-state index contributed by atoms with van der Waals surface area (Å²) in [6.45, 7) is 5.19. The number of phenolic OH excluding ortho intramolecular Hbond substituents is 1. The summed E-state index contributed by atoms with van der Waals surface area (Å²) in [5, 5.41) is 21.4. The van der Waals surface area contributed by atoms with Crippen molar-refractivity contribution in [3.05, 3.63) is 72.4 Å². The number of benzene rings is 1. The van der Waals surface area contributed by atoms with Crippen LogP contribution in [0.2, 0.25) is 0 Å². The van der Waals surface area contributed by atoms with Gasteiger partial charge in [-0.05, 0) is 68.1 Å². The minimum absolute atomic E-state index is 0.0252. The number of aliphatic hydroxyl groups excluding tert-OH is 1. The molecule has 0 bridgehead atoms. The summed E-state index contributed by atoms with van der Waals surface area (Å²) in [7, 11) is 1.50. The second-order valence-electron chi connectivity index (χ2n) is 9.37. The molecule has 1 aromatic rings. The van der Waals surface area contributed by atoms with Gasteiger partial charge in [-0.3, -0.25) is 4.79 Å². The fourth-order valence-corrected chi connectivity index (χ4v) is 3.50. The van der Waals surface area contributed by atoms with E-state index in [9.17, 15) is 9.90 Å². The van der Waals surface area contributed by atoms with Crippen molar-refractivity contribution in [3.8, 4) is 11.5 Å². The van der Waals surface area contributed by atoms with Gasteiger partial charge in [-0.25, -0.2) is 0 Å². The first kappa shape index (κ1) is 30.2. The van der Waals surface area contributed by atoms with Crippen molar-refractivity contribution < 1.29 is 19.7 Å². The Morgan fingerprint density at radius 3 is 2.29 bits per heavy atom. The predicted octanol–water partition coefficient (Wildman–Crippen LogP) is 6.77. The lowest BCUT2D eigenvalue weighted by atomic mass is 9.86. The number of amides is 1. The highest BCUT2D eigenvalue weighted by Gasteiger charge is 2.12. The SMILES string of the molecule is COc1cc(CNC(=O)CCCC=CCC=CCC=CCC=CC(C)(C)CCCCO)ccc1O. The van der Waals surface area contributed by atoms with Gasteiger partial charge in [-0.2, -0.15) is 0 Å². The van der Waals surface area contributed by atoms with Gasteiger partial charge in [0.15, 0.2) is 11.5 Å². The molecule has 0 fully saturated rings. The number of carbonyl (C=O) groups excluding carboxylic acids is 1. The molecule has 194 valence electrons. The zero-order valence-electron chi connectivity index (χ0n) is 21.8. The third-order valence-electron chi connectivity index (χ3n) is 5.62. The number of phenols is 1. The Hall–Kier alpha value is -2.79. The predicted molar refractivity (Wildman–Crippen MR) is 145 cm³/mol. The standard InChI is InChI=1S/C30H45NO4/c1-30(2,22-16-17-23-32)21-15-13-11-9-7-5-4-6-8-10-12-14-18-29(34)31-25-26-19-20-27(33)28(24-26)35-3/h4-5,8-11,15,19-21,24,32-33H,6-7,12-14,16-18,22-23,25H2,1-3H3,(H,31,34). The van der Waals surface area contributed by atoms with Crippen LogP contribution in [0, 0.1) is 5.41 Å². The highest BCUT2D eigenvalue weighted by atomic mass is 16.5. The normalized spacial score (nSPS) is 12.5. The number of unbranched alkanes of at least 4 members (excludes halogenated alkanes) is 2. The molecular formula is C30H45NO4. The molecule has 0 aliphatic carbocycles. The van der Waals surface area contributed by atoms with Crippen LogP contribution in [0.3, 0.4) is 0 Å². The molecule has 0 aliphatic rings. The van der Waals surface area contributed by atoms with Crippen LogP contribution in [0.5, 0.6) is 11.5 Å². The maximum Gasteiger partial charge on any atom is 0.220 e. The Kier molecular flexibility index (Phi) is 16.0. The quantitative estimate of drug-likeness (QED) is 0.159. The maximum atomic E-state index is 12.0. The molecule has 3 N–H and O–H groups in total. The van der Waals surface area contributed by atoms with Gasteiger partial charge in [-0.1, -0.05) is 74.9 Å². The Labute approximate surface area is 212 Å². The zero-order chi connectivity index (χ0) is 25.8. The Morgan fingerprint density at radius 1 is 0.971 bits per heavy atom. The van der Waals surface area contributed by atoms with Gasteiger partial charge < -0.3 is 20.3 Å². The summed E-state index contributed by atoms with van der Waals surface area (Å²) >= 11 is 0. The van der Waals surface area contributed by atoms with E-state index in [1.165, 1.54) is 7.11 Å². The Bertz CT molecular complexity index is 837. The zero-order valence-corrected chi connectivity index (χ0v) is 21.8. The lowest BCUT2D eigenvalue weighted by Gasteiger charge is -2.19. The van der Waals surface area contributed by atoms with Crippen molar-refractivity contribution >= 4 is 5.91 Å². The molecule has 0 atom stereocenters. The lowest BCUT2D eigenvalue weighted by Crippen LogP contribution is -2.22. The summed E-state index contributed by atoms with van der Waals surface area (Å²) in [6.07, 6.45) is 25.6. The third-order valence-corrected chi connectivity index (χ3v) is 5.62. The number of methoxy groups -OCH3 is 1. The Morgan fingerprint density at radius 2 is 1.63 bits per heavy atom. The maximum absolute atomic E-state index is 12.0. The van der Waals surface area contributed by atoms with Crippen molar-refractivity contribution in [3.63, 3.8) is 0 Å². The number of ether oxygens (including phenoxy) is 1. The van der Waals surface area contributed by atoms with Gasteiger partial charge in [0.1, 0.15) is 0 Å². The van der Waals surface area contributed by atoms with E-state index in [1.54, 1.807) is 18.2 Å². The average Bonchev–Trinajstić information content (AvgIpc) is 2.83. The third kappa shape index (κ3) is 15.7. The van der Waals surface area contributed by atoms with Gasteiger partial charge in [0, 0.05) is 19.6 Å². The van der Waals surface area contributed by atoms with E-state index in [2.05, 4.69) is 67.8 Å². The Balaban J connectivity index is 2.08. The van der Waals surface area contributed by atoms with Crippen molar-refractivity contribution in [1.82, 2.24) is 5.32 Å². The van der Waals surface area contributed by atoms with Crippen LogP contribution < -0.4 is 10.1 Å². The number of hydrogen-bond donors (Lipinski definition) is 3. The van der Waals surface area contributed by atoms with Gasteiger partial charge in [-0.15, -0.1) is 0 Å². The molecule has 0 saturated carbocycles. The molecule has 1 amide bonds. The molecule has 0 heterocycles. The number of aromatic hydroxyl groups is 1. The van der Waals surface area contributed by atoms with E-state index in [0.717, 1.165) is 56.9 Å². The van der Waals surface area contributed by atoms with Crippen molar-refractivity contribution in [2.45, 2.75) is 78.2 Å². The molecule has 5 heteroatoms. The van der Waals surface area contributed by atoms with Crippen LogP contribution in [0.25, 0.3) is 0 Å². The highest BCUT2D eigenvalue weighted by Crippen LogP contribution is 2.26. The first-order valence-electron chi connectivity index (χ1n) is 12.7. The summed E-state index contributed by atoms with van der Waals surface area (Å²) in [4.78, 5) is 12.0. The van der Waals surface area contributed by atoms with Crippen LogP contribution in [0.1, 0.15) is 77.2 Å². The first-order chi connectivity index (χ1) is 16.9. The molecule has 0 radical (unpaired) electrons. The number of hydrogen-bond acceptors (Lipinski definition) is 4. The minimum atomic E-state index is 0.0252. The molecule has 0 spiro atoms. The topological polar surface area (TPSA) is 78.8 Å². The van der Waals surface area contributed by atoms with Crippen molar-refractivity contribution in [2.24, 2.45) is 5.41 Å². The van der Waals surface area contributed by atoms with Crippen LogP contribution in [0.15, 0.2) is 66.8 Å². The summed E-state index contributed by atoms with van der Waals surface area (Å²) in [6, 6.07) is 5.06. The van der Waals surface area contributed by atoms with E-state index in [0.29, 0.717) is 18.7 Å². The summed E-state index contributed by atoms with van der Waals surface area (Å²) in [5.41, 5.74) is 1.09. The van der Waals surface area contributed by atoms with E-state index in [-0.39, 0.29) is 23.7 Å². The molecular weight excluding hydrogens is 438 g/mol. The van der Waals surface area contributed by atoms with Crippen LogP contribution in [-0.2, 0) is 11.3 Å². The second-order valence-corrected chi connectivity index (χ2v) is 9.37. The van der Waals surface area contributed by atoms with Gasteiger partial charge in [0.25, 0.3) is 0 Å². The van der Waals surface area contributed by atoms with Gasteiger partial charge in [0.05, 0.1) is 7.11 Å². The molecule has 0 aromatic heterocycles. The first-order valence-corrected chi connectivity index (χ1v) is 12.7.